The summed E-state index contributed by atoms with van der Waals surface area (Å²) in [4.78, 5) is 27.3. The zero-order valence-electron chi connectivity index (χ0n) is 19.1. The summed E-state index contributed by atoms with van der Waals surface area (Å²) in [6, 6.07) is 12.0. The summed E-state index contributed by atoms with van der Waals surface area (Å²) in [5.41, 5.74) is 3.95. The number of carbonyl (C=O) groups is 2. The molecule has 0 aliphatic heterocycles. The summed E-state index contributed by atoms with van der Waals surface area (Å²) >= 11 is 1.51. The second-order valence-corrected chi connectivity index (χ2v) is 9.08. The lowest BCUT2D eigenvalue weighted by molar-refractivity contribution is -0.139. The van der Waals surface area contributed by atoms with E-state index in [2.05, 4.69) is 37.4 Å². The molecular formula is C25H33FN2O2S. The van der Waals surface area contributed by atoms with Crippen molar-refractivity contribution >= 4 is 23.6 Å². The number of thioether (sulfide) groups is 1. The third kappa shape index (κ3) is 7.69. The first-order valence-electron chi connectivity index (χ1n) is 10.7. The van der Waals surface area contributed by atoms with E-state index >= 15 is 0 Å². The van der Waals surface area contributed by atoms with Gasteiger partial charge in [0.05, 0.1) is 5.75 Å². The Morgan fingerprint density at radius 2 is 1.74 bits per heavy atom. The third-order valence-corrected chi connectivity index (χ3v) is 6.23. The third-order valence-electron chi connectivity index (χ3n) is 5.24. The fraction of sp³-hybridized carbons (Fsp3) is 0.440. The number of hydrogen-bond donors (Lipinski definition) is 1. The highest BCUT2D eigenvalue weighted by atomic mass is 32.2. The van der Waals surface area contributed by atoms with Crippen molar-refractivity contribution in [3.63, 3.8) is 0 Å². The van der Waals surface area contributed by atoms with Gasteiger partial charge in [0.1, 0.15) is 11.9 Å². The van der Waals surface area contributed by atoms with Gasteiger partial charge < -0.3 is 10.2 Å². The monoisotopic (exact) mass is 444 g/mol. The molecule has 2 rings (SSSR count). The van der Waals surface area contributed by atoms with E-state index in [0.29, 0.717) is 11.3 Å². The Bertz CT molecular complexity index is 883. The lowest BCUT2D eigenvalue weighted by atomic mass is 10.1. The molecule has 2 amide bonds. The normalized spacial score (nSPS) is 12.8. The predicted molar refractivity (Wildman–Crippen MR) is 126 cm³/mol. The molecule has 4 nitrogen and oxygen atoms in total. The molecule has 0 radical (unpaired) electrons. The maximum atomic E-state index is 14.2. The first-order valence-corrected chi connectivity index (χ1v) is 11.8. The van der Waals surface area contributed by atoms with E-state index in [1.165, 1.54) is 39.4 Å². The predicted octanol–water partition coefficient (Wildman–Crippen LogP) is 5.01. The Hall–Kier alpha value is -2.34. The molecule has 0 aromatic heterocycles. The van der Waals surface area contributed by atoms with Gasteiger partial charge in [-0.3, -0.25) is 9.59 Å². The zero-order valence-corrected chi connectivity index (χ0v) is 19.9. The molecule has 0 unspecified atom stereocenters. The number of amides is 2. The minimum Gasteiger partial charge on any atom is -0.352 e. The number of halogens is 1. The minimum atomic E-state index is -0.692. The van der Waals surface area contributed by atoms with Gasteiger partial charge in [-0.1, -0.05) is 54.4 Å². The van der Waals surface area contributed by atoms with Crippen molar-refractivity contribution in [2.75, 3.05) is 5.75 Å². The van der Waals surface area contributed by atoms with E-state index in [0.717, 1.165) is 6.42 Å². The maximum absolute atomic E-state index is 14.2. The summed E-state index contributed by atoms with van der Waals surface area (Å²) in [6.07, 6.45) is 0.797. The molecule has 0 bridgehead atoms. The number of benzene rings is 2. The molecule has 6 heteroatoms. The standard InChI is InChI=1S/C25H33FN2O2S/c1-6-19(4)27-25(30)20(5)28(14-22-9-7-8-10-23(22)26)24(29)16-31-15-21-12-17(2)11-18(3)13-21/h7-13,19-20H,6,14-16H2,1-5H3,(H,27,30)/t19-,20+/m1/s1. The van der Waals surface area contributed by atoms with Crippen molar-refractivity contribution in [1.82, 2.24) is 10.2 Å². The molecule has 0 fully saturated rings. The van der Waals surface area contributed by atoms with E-state index in [1.54, 1.807) is 25.1 Å². The number of hydrogen-bond acceptors (Lipinski definition) is 3. The van der Waals surface area contributed by atoms with Gasteiger partial charge >= 0.3 is 0 Å². The molecule has 2 atom stereocenters. The van der Waals surface area contributed by atoms with Crippen LogP contribution in [0.4, 0.5) is 4.39 Å². The van der Waals surface area contributed by atoms with Crippen molar-refractivity contribution in [3.8, 4) is 0 Å². The van der Waals surface area contributed by atoms with Crippen molar-refractivity contribution in [2.45, 2.75) is 65.4 Å². The molecular weight excluding hydrogens is 411 g/mol. The highest BCUT2D eigenvalue weighted by Gasteiger charge is 2.27. The molecule has 31 heavy (non-hydrogen) atoms. The van der Waals surface area contributed by atoms with E-state index < -0.39 is 6.04 Å². The van der Waals surface area contributed by atoms with Crippen LogP contribution < -0.4 is 5.32 Å². The fourth-order valence-electron chi connectivity index (χ4n) is 3.35. The van der Waals surface area contributed by atoms with Crippen LogP contribution in [0.3, 0.4) is 0 Å². The zero-order chi connectivity index (χ0) is 23.0. The fourth-order valence-corrected chi connectivity index (χ4v) is 4.19. The summed E-state index contributed by atoms with van der Waals surface area (Å²) in [5, 5.41) is 2.93. The molecule has 0 spiro atoms. The van der Waals surface area contributed by atoms with Crippen LogP contribution in [0, 0.1) is 19.7 Å². The molecule has 0 heterocycles. The second-order valence-electron chi connectivity index (χ2n) is 8.10. The van der Waals surface area contributed by atoms with Gasteiger partial charge in [0.2, 0.25) is 11.8 Å². The van der Waals surface area contributed by atoms with Crippen LogP contribution in [0.5, 0.6) is 0 Å². The van der Waals surface area contributed by atoms with Gasteiger partial charge in [0.15, 0.2) is 0 Å². The number of carbonyl (C=O) groups excluding carboxylic acids is 2. The van der Waals surface area contributed by atoms with Crippen LogP contribution in [-0.4, -0.2) is 34.6 Å². The highest BCUT2D eigenvalue weighted by Crippen LogP contribution is 2.19. The van der Waals surface area contributed by atoms with E-state index in [1.807, 2.05) is 13.8 Å². The van der Waals surface area contributed by atoms with Gasteiger partial charge in [0.25, 0.3) is 0 Å². The Morgan fingerprint density at radius 1 is 1.10 bits per heavy atom. The Balaban J connectivity index is 2.11. The minimum absolute atomic E-state index is 0.0132. The molecule has 168 valence electrons. The summed E-state index contributed by atoms with van der Waals surface area (Å²) in [7, 11) is 0. The number of aryl methyl sites for hydroxylation is 2. The Labute approximate surface area is 189 Å². The lowest BCUT2D eigenvalue weighted by Gasteiger charge is -2.29. The SMILES string of the molecule is CC[C@@H](C)NC(=O)[C@H](C)N(Cc1ccccc1F)C(=O)CSCc1cc(C)cc(C)c1. The molecule has 0 aliphatic rings. The average Bonchev–Trinajstić information content (AvgIpc) is 2.71. The first-order chi connectivity index (χ1) is 14.7. The van der Waals surface area contributed by atoms with Crippen molar-refractivity contribution in [1.29, 1.82) is 0 Å². The van der Waals surface area contributed by atoms with Crippen LogP contribution in [0.15, 0.2) is 42.5 Å². The van der Waals surface area contributed by atoms with E-state index in [-0.39, 0.29) is 36.0 Å². The first kappa shape index (κ1) is 24.9. The molecule has 0 saturated heterocycles. The Morgan fingerprint density at radius 3 is 2.35 bits per heavy atom. The maximum Gasteiger partial charge on any atom is 0.242 e. The van der Waals surface area contributed by atoms with Gasteiger partial charge in [-0.2, -0.15) is 0 Å². The number of nitrogens with one attached hydrogen (secondary N) is 1. The molecule has 2 aromatic carbocycles. The van der Waals surface area contributed by atoms with E-state index in [4.69, 9.17) is 0 Å². The van der Waals surface area contributed by atoms with Gasteiger partial charge in [-0.15, -0.1) is 11.8 Å². The summed E-state index contributed by atoms with van der Waals surface area (Å²) in [6.45, 7) is 9.78. The molecule has 2 aromatic rings. The van der Waals surface area contributed by atoms with Crippen molar-refractivity contribution in [3.05, 3.63) is 70.5 Å². The highest BCUT2D eigenvalue weighted by molar-refractivity contribution is 7.99. The van der Waals surface area contributed by atoms with Crippen LogP contribution in [0.2, 0.25) is 0 Å². The van der Waals surface area contributed by atoms with Gasteiger partial charge in [-0.05, 0) is 45.7 Å². The van der Waals surface area contributed by atoms with Crippen LogP contribution in [0.25, 0.3) is 0 Å². The summed E-state index contributed by atoms with van der Waals surface area (Å²) < 4.78 is 14.2. The van der Waals surface area contributed by atoms with Crippen molar-refractivity contribution < 1.29 is 14.0 Å². The van der Waals surface area contributed by atoms with Crippen LogP contribution in [0.1, 0.15) is 49.4 Å². The smallest absolute Gasteiger partial charge is 0.242 e. The quantitative estimate of drug-likeness (QED) is 0.561. The largest absolute Gasteiger partial charge is 0.352 e. The number of rotatable bonds is 10. The Kier molecular flexibility index (Phi) is 9.56. The van der Waals surface area contributed by atoms with Crippen LogP contribution >= 0.6 is 11.8 Å². The second kappa shape index (κ2) is 11.9. The van der Waals surface area contributed by atoms with Crippen LogP contribution in [-0.2, 0) is 21.9 Å². The van der Waals surface area contributed by atoms with E-state index in [9.17, 15) is 14.0 Å². The lowest BCUT2D eigenvalue weighted by Crippen LogP contribution is -2.50. The topological polar surface area (TPSA) is 49.4 Å². The van der Waals surface area contributed by atoms with Gasteiger partial charge in [0, 0.05) is 23.9 Å². The molecule has 1 N–H and O–H groups in total. The average molecular weight is 445 g/mol. The summed E-state index contributed by atoms with van der Waals surface area (Å²) in [5.74, 6) is 0.151. The van der Waals surface area contributed by atoms with Crippen molar-refractivity contribution in [2.24, 2.45) is 0 Å². The number of nitrogens with zero attached hydrogens (tertiary/aromatic N) is 1. The van der Waals surface area contributed by atoms with Gasteiger partial charge in [-0.25, -0.2) is 4.39 Å². The molecule has 0 saturated carbocycles. The molecule has 0 aliphatic carbocycles.